The minimum atomic E-state index is -2.39. The van der Waals surface area contributed by atoms with E-state index in [-0.39, 0.29) is 13.2 Å². The molecule has 0 aliphatic carbocycles. The molecule has 0 aromatic carbocycles. The van der Waals surface area contributed by atoms with Crippen LogP contribution in [0.2, 0.25) is 0 Å². The smallest absolute Gasteiger partial charge is 0.432 e. The SMILES string of the molecule is CCOC(=O)NOS(=O)ONC(=O)OCC. The van der Waals surface area contributed by atoms with E-state index in [2.05, 4.69) is 18.0 Å². The maximum absolute atomic E-state index is 10.8. The lowest BCUT2D eigenvalue weighted by Crippen LogP contribution is -2.31. The number of ether oxygens (including phenoxy) is 2. The summed E-state index contributed by atoms with van der Waals surface area (Å²) in [6, 6.07) is 0. The van der Waals surface area contributed by atoms with E-state index in [1.807, 2.05) is 0 Å². The van der Waals surface area contributed by atoms with Crippen LogP contribution >= 0.6 is 0 Å². The average molecular weight is 256 g/mol. The van der Waals surface area contributed by atoms with E-state index < -0.39 is 23.5 Å². The molecule has 0 aliphatic heterocycles. The number of carbonyl (C=O) groups excluding carboxylic acids is 2. The third-order valence-electron chi connectivity index (χ3n) is 0.937. The number of hydroxylamine groups is 2. The fourth-order valence-electron chi connectivity index (χ4n) is 0.474. The fourth-order valence-corrected chi connectivity index (χ4v) is 0.780. The van der Waals surface area contributed by atoms with Crippen LogP contribution in [0.25, 0.3) is 0 Å². The molecule has 0 aliphatic rings. The molecule has 0 radical (unpaired) electrons. The van der Waals surface area contributed by atoms with Gasteiger partial charge in [-0.1, -0.05) is 0 Å². The van der Waals surface area contributed by atoms with E-state index >= 15 is 0 Å². The number of rotatable bonds is 6. The van der Waals surface area contributed by atoms with Gasteiger partial charge in [-0.3, -0.25) is 0 Å². The first-order valence-electron chi connectivity index (χ1n) is 4.22. The highest BCUT2D eigenvalue weighted by Gasteiger charge is 2.08. The van der Waals surface area contributed by atoms with E-state index in [9.17, 15) is 13.8 Å². The average Bonchev–Trinajstić information content (AvgIpc) is 2.24. The van der Waals surface area contributed by atoms with Crippen molar-refractivity contribution in [1.29, 1.82) is 0 Å². The molecular formula is C6H12N2O7S. The fraction of sp³-hybridized carbons (Fsp3) is 0.667. The molecule has 0 saturated heterocycles. The Morgan fingerprint density at radius 3 is 1.69 bits per heavy atom. The van der Waals surface area contributed by atoms with E-state index in [1.54, 1.807) is 24.8 Å². The van der Waals surface area contributed by atoms with E-state index in [0.717, 1.165) is 0 Å². The van der Waals surface area contributed by atoms with Crippen molar-refractivity contribution in [3.8, 4) is 0 Å². The molecule has 0 aromatic heterocycles. The molecule has 0 atom stereocenters. The van der Waals surface area contributed by atoms with Crippen LogP contribution in [0.5, 0.6) is 0 Å². The Hall–Kier alpha value is -1.39. The molecule has 0 unspecified atom stereocenters. The van der Waals surface area contributed by atoms with Crippen LogP contribution in [0.4, 0.5) is 9.59 Å². The summed E-state index contributed by atoms with van der Waals surface area (Å²) in [4.78, 5) is 21.3. The van der Waals surface area contributed by atoms with Gasteiger partial charge in [-0.25, -0.2) is 9.59 Å². The van der Waals surface area contributed by atoms with Gasteiger partial charge in [-0.15, -0.1) is 8.57 Å². The Kier molecular flexibility index (Phi) is 8.11. The molecule has 2 amide bonds. The van der Waals surface area contributed by atoms with Gasteiger partial charge in [0.1, 0.15) is 0 Å². The normalized spacial score (nSPS) is 9.69. The Morgan fingerprint density at radius 2 is 1.38 bits per heavy atom. The van der Waals surface area contributed by atoms with Gasteiger partial charge < -0.3 is 9.47 Å². The third kappa shape index (κ3) is 7.96. The van der Waals surface area contributed by atoms with Crippen LogP contribution < -0.4 is 11.0 Å². The van der Waals surface area contributed by atoms with Crippen LogP contribution in [-0.2, 0) is 29.4 Å². The first-order chi connectivity index (χ1) is 7.60. The molecular weight excluding hydrogens is 244 g/mol. The zero-order chi connectivity index (χ0) is 12.4. The van der Waals surface area contributed by atoms with Crippen molar-refractivity contribution < 1.29 is 31.8 Å². The first kappa shape index (κ1) is 14.6. The summed E-state index contributed by atoms with van der Waals surface area (Å²) in [5, 5.41) is 0. The molecule has 16 heavy (non-hydrogen) atoms. The van der Waals surface area contributed by atoms with Crippen LogP contribution in [-0.4, -0.2) is 29.6 Å². The Morgan fingerprint density at radius 1 is 1.00 bits per heavy atom. The zero-order valence-electron chi connectivity index (χ0n) is 8.68. The lowest BCUT2D eigenvalue weighted by atomic mass is 10.9. The maximum Gasteiger partial charge on any atom is 0.432 e. The molecule has 9 nitrogen and oxygen atoms in total. The van der Waals surface area contributed by atoms with Crippen molar-refractivity contribution in [3.63, 3.8) is 0 Å². The second-order valence-corrected chi connectivity index (χ2v) is 2.76. The first-order valence-corrected chi connectivity index (χ1v) is 5.22. The molecule has 0 rings (SSSR count). The van der Waals surface area contributed by atoms with Crippen molar-refractivity contribution in [1.82, 2.24) is 11.0 Å². The predicted molar refractivity (Wildman–Crippen MR) is 50.6 cm³/mol. The molecule has 94 valence electrons. The summed E-state index contributed by atoms with van der Waals surface area (Å²) in [6.07, 6.45) is -1.87. The summed E-state index contributed by atoms with van der Waals surface area (Å²) >= 11 is -2.39. The van der Waals surface area contributed by atoms with Gasteiger partial charge in [0.15, 0.2) is 0 Å². The monoisotopic (exact) mass is 256 g/mol. The highest BCUT2D eigenvalue weighted by atomic mass is 32.2. The lowest BCUT2D eigenvalue weighted by Gasteiger charge is -2.05. The number of nitrogens with one attached hydrogen (secondary N) is 2. The van der Waals surface area contributed by atoms with E-state index in [4.69, 9.17) is 0 Å². The Labute approximate surface area is 94.1 Å². The summed E-state index contributed by atoms with van der Waals surface area (Å²) in [5.74, 6) is 0. The van der Waals surface area contributed by atoms with E-state index in [1.165, 1.54) is 0 Å². The van der Waals surface area contributed by atoms with Crippen molar-refractivity contribution in [2.24, 2.45) is 0 Å². The highest BCUT2D eigenvalue weighted by Crippen LogP contribution is 1.85. The highest BCUT2D eigenvalue weighted by molar-refractivity contribution is 7.75. The quantitative estimate of drug-likeness (QED) is 0.639. The predicted octanol–water partition coefficient (Wildman–Crippen LogP) is -0.0795. The van der Waals surface area contributed by atoms with Crippen molar-refractivity contribution in [2.75, 3.05) is 13.2 Å². The van der Waals surface area contributed by atoms with Crippen LogP contribution in [0.1, 0.15) is 13.8 Å². The number of carbonyl (C=O) groups is 2. The summed E-state index contributed by atoms with van der Waals surface area (Å²) in [6.45, 7) is 3.41. The summed E-state index contributed by atoms with van der Waals surface area (Å²) in [5.41, 5.74) is 3.32. The molecule has 0 fully saturated rings. The van der Waals surface area contributed by atoms with Crippen molar-refractivity contribution in [2.45, 2.75) is 13.8 Å². The largest absolute Gasteiger partial charge is 0.448 e. The minimum absolute atomic E-state index is 0.129. The topological polar surface area (TPSA) is 112 Å². The van der Waals surface area contributed by atoms with Gasteiger partial charge in [0.05, 0.1) is 13.2 Å². The van der Waals surface area contributed by atoms with Gasteiger partial charge >= 0.3 is 23.5 Å². The second kappa shape index (κ2) is 8.88. The van der Waals surface area contributed by atoms with Gasteiger partial charge in [-0.2, -0.15) is 15.2 Å². The second-order valence-electron chi connectivity index (χ2n) is 2.02. The van der Waals surface area contributed by atoms with Crippen molar-refractivity contribution >= 4 is 23.5 Å². The molecule has 0 heterocycles. The molecule has 10 heteroatoms. The molecule has 0 spiro atoms. The minimum Gasteiger partial charge on any atom is -0.448 e. The van der Waals surface area contributed by atoms with Crippen LogP contribution in [0.15, 0.2) is 0 Å². The molecule has 0 saturated carbocycles. The number of amides is 2. The van der Waals surface area contributed by atoms with E-state index in [0.29, 0.717) is 0 Å². The molecule has 0 bridgehead atoms. The van der Waals surface area contributed by atoms with Gasteiger partial charge in [0, 0.05) is 0 Å². The van der Waals surface area contributed by atoms with Crippen LogP contribution in [0.3, 0.4) is 0 Å². The summed E-state index contributed by atoms with van der Waals surface area (Å²) in [7, 11) is 0. The Balaban J connectivity index is 3.59. The van der Waals surface area contributed by atoms with Gasteiger partial charge in [0.2, 0.25) is 0 Å². The molecule has 2 N–H and O–H groups in total. The lowest BCUT2D eigenvalue weighted by molar-refractivity contribution is 0.0824. The van der Waals surface area contributed by atoms with Crippen molar-refractivity contribution in [3.05, 3.63) is 0 Å². The van der Waals surface area contributed by atoms with Gasteiger partial charge in [0.25, 0.3) is 0 Å². The zero-order valence-corrected chi connectivity index (χ0v) is 9.50. The summed E-state index contributed by atoms with van der Waals surface area (Å²) < 4.78 is 27.8. The number of hydrogen-bond donors (Lipinski definition) is 2. The standard InChI is InChI=1S/C6H12N2O7S/c1-3-12-5(9)7-14-16(11)15-8-6(10)13-4-2/h3-4H2,1-2H3,(H,7,9)(H,8,10). The van der Waals surface area contributed by atoms with Crippen LogP contribution in [0, 0.1) is 0 Å². The van der Waals surface area contributed by atoms with Gasteiger partial charge in [-0.05, 0) is 13.8 Å². The number of hydrogen-bond acceptors (Lipinski definition) is 7. The maximum atomic E-state index is 10.8. The molecule has 0 aromatic rings. The third-order valence-corrected chi connectivity index (χ3v) is 1.38. The Bertz CT molecular complexity index is 235.